The Morgan fingerprint density at radius 2 is 2.29 bits per heavy atom. The minimum atomic E-state index is -0.201. The molecule has 0 spiro atoms. The molecular formula is C18H17N3O2S. The summed E-state index contributed by atoms with van der Waals surface area (Å²) in [6.45, 7) is 1.08. The molecule has 3 heterocycles. The minimum absolute atomic E-state index is 0.201. The first-order chi connectivity index (χ1) is 11.7. The Labute approximate surface area is 143 Å². The Morgan fingerprint density at radius 1 is 1.38 bits per heavy atom. The van der Waals surface area contributed by atoms with E-state index in [9.17, 15) is 4.79 Å². The first kappa shape index (κ1) is 15.0. The molecule has 0 saturated heterocycles. The van der Waals surface area contributed by atoms with Gasteiger partial charge < -0.3 is 14.6 Å². The second-order valence-electron chi connectivity index (χ2n) is 5.84. The number of fused-ring (bicyclic) bond motifs is 1. The molecule has 0 fully saturated rings. The smallest absolute Gasteiger partial charge is 0.275 e. The van der Waals surface area contributed by atoms with Crippen molar-refractivity contribution < 1.29 is 9.21 Å². The van der Waals surface area contributed by atoms with E-state index in [-0.39, 0.29) is 5.91 Å². The number of rotatable bonds is 3. The molecule has 122 valence electrons. The second-order valence-corrected chi connectivity index (χ2v) is 6.70. The van der Waals surface area contributed by atoms with Crippen LogP contribution in [0.25, 0.3) is 10.8 Å². The van der Waals surface area contributed by atoms with Gasteiger partial charge in [-0.3, -0.25) is 4.79 Å². The lowest BCUT2D eigenvalue weighted by atomic mass is 10.0. The van der Waals surface area contributed by atoms with Crippen molar-refractivity contribution in [2.45, 2.75) is 12.8 Å². The van der Waals surface area contributed by atoms with Gasteiger partial charge in [0.05, 0.1) is 6.26 Å². The van der Waals surface area contributed by atoms with Crippen molar-refractivity contribution in [1.82, 2.24) is 4.98 Å². The van der Waals surface area contributed by atoms with E-state index in [4.69, 9.17) is 4.42 Å². The van der Waals surface area contributed by atoms with E-state index in [1.54, 1.807) is 17.7 Å². The predicted octanol–water partition coefficient (Wildman–Crippen LogP) is 4.04. The summed E-state index contributed by atoms with van der Waals surface area (Å²) >= 11 is 1.40. The fourth-order valence-corrected chi connectivity index (χ4v) is 3.72. The summed E-state index contributed by atoms with van der Waals surface area (Å²) in [6.07, 6.45) is 3.78. The van der Waals surface area contributed by atoms with Crippen molar-refractivity contribution in [2.75, 3.05) is 23.8 Å². The third kappa shape index (κ3) is 2.80. The molecule has 2 aromatic heterocycles. The molecule has 6 heteroatoms. The molecule has 4 rings (SSSR count). The van der Waals surface area contributed by atoms with Crippen molar-refractivity contribution in [3.8, 4) is 10.8 Å². The van der Waals surface area contributed by atoms with E-state index in [0.29, 0.717) is 16.5 Å². The molecule has 1 aromatic carbocycles. The zero-order valence-corrected chi connectivity index (χ0v) is 14.1. The summed E-state index contributed by atoms with van der Waals surface area (Å²) in [7, 11) is 2.10. The van der Waals surface area contributed by atoms with Crippen LogP contribution in [0.2, 0.25) is 0 Å². The molecule has 24 heavy (non-hydrogen) atoms. The van der Waals surface area contributed by atoms with E-state index in [1.807, 2.05) is 12.1 Å². The fraction of sp³-hybridized carbons (Fsp3) is 0.222. The Balaban J connectivity index is 1.52. The lowest BCUT2D eigenvalue weighted by Crippen LogP contribution is -2.24. The van der Waals surface area contributed by atoms with Gasteiger partial charge in [-0.25, -0.2) is 4.98 Å². The van der Waals surface area contributed by atoms with Gasteiger partial charge >= 0.3 is 0 Å². The van der Waals surface area contributed by atoms with Crippen LogP contribution in [-0.4, -0.2) is 24.5 Å². The Hall–Kier alpha value is -2.60. The van der Waals surface area contributed by atoms with Crippen LogP contribution < -0.4 is 10.2 Å². The number of benzene rings is 1. The highest BCUT2D eigenvalue weighted by Gasteiger charge is 2.16. The molecular weight excluding hydrogens is 322 g/mol. The van der Waals surface area contributed by atoms with Crippen LogP contribution in [0.5, 0.6) is 0 Å². The van der Waals surface area contributed by atoms with E-state index < -0.39 is 0 Å². The molecule has 1 N–H and O–H groups in total. The molecule has 0 bridgehead atoms. The molecule has 1 aliphatic rings. The topological polar surface area (TPSA) is 58.4 Å². The van der Waals surface area contributed by atoms with Crippen molar-refractivity contribution in [3.05, 3.63) is 53.2 Å². The highest BCUT2D eigenvalue weighted by atomic mass is 32.1. The Kier molecular flexibility index (Phi) is 3.82. The zero-order valence-electron chi connectivity index (χ0n) is 13.3. The first-order valence-corrected chi connectivity index (χ1v) is 8.73. The SMILES string of the molecule is CN1CCCc2cc(NC(=O)c3csc(-c4ccco4)n3)ccc21. The lowest BCUT2D eigenvalue weighted by molar-refractivity contribution is 0.102. The number of nitrogens with one attached hydrogen (secondary N) is 1. The van der Waals surface area contributed by atoms with Crippen molar-refractivity contribution >= 4 is 28.6 Å². The lowest BCUT2D eigenvalue weighted by Gasteiger charge is -2.27. The zero-order chi connectivity index (χ0) is 16.5. The number of nitrogens with zero attached hydrogens (tertiary/aromatic N) is 2. The number of amides is 1. The largest absolute Gasteiger partial charge is 0.462 e. The van der Waals surface area contributed by atoms with Gasteiger partial charge in [-0.2, -0.15) is 0 Å². The molecule has 0 atom stereocenters. The summed E-state index contributed by atoms with van der Waals surface area (Å²) in [6, 6.07) is 9.71. The Bertz CT molecular complexity index is 870. The van der Waals surface area contributed by atoms with Crippen LogP contribution in [-0.2, 0) is 6.42 Å². The van der Waals surface area contributed by atoms with Gasteiger partial charge in [0.2, 0.25) is 0 Å². The van der Waals surface area contributed by atoms with Gasteiger partial charge in [-0.15, -0.1) is 11.3 Å². The number of hydrogen-bond donors (Lipinski definition) is 1. The Morgan fingerprint density at radius 3 is 3.12 bits per heavy atom. The van der Waals surface area contributed by atoms with Crippen LogP contribution in [0.4, 0.5) is 11.4 Å². The van der Waals surface area contributed by atoms with E-state index in [1.165, 1.54) is 22.6 Å². The van der Waals surface area contributed by atoms with Crippen LogP contribution in [0.1, 0.15) is 22.5 Å². The number of furan rings is 1. The normalized spacial score (nSPS) is 13.6. The number of aromatic nitrogens is 1. The fourth-order valence-electron chi connectivity index (χ4n) is 2.95. The van der Waals surface area contributed by atoms with Crippen molar-refractivity contribution in [2.24, 2.45) is 0 Å². The molecule has 5 nitrogen and oxygen atoms in total. The first-order valence-electron chi connectivity index (χ1n) is 7.85. The van der Waals surface area contributed by atoms with Gasteiger partial charge in [-0.05, 0) is 48.7 Å². The molecule has 0 unspecified atom stereocenters. The maximum atomic E-state index is 12.4. The van der Waals surface area contributed by atoms with Crippen LogP contribution >= 0.6 is 11.3 Å². The number of carbonyl (C=O) groups is 1. The summed E-state index contributed by atoms with van der Waals surface area (Å²) in [5.41, 5.74) is 3.73. The average Bonchev–Trinajstić information content (AvgIpc) is 3.26. The minimum Gasteiger partial charge on any atom is -0.462 e. The number of hydrogen-bond acceptors (Lipinski definition) is 5. The molecule has 3 aromatic rings. The molecule has 0 radical (unpaired) electrons. The van der Waals surface area contributed by atoms with Crippen LogP contribution in [0.15, 0.2) is 46.4 Å². The summed E-state index contributed by atoms with van der Waals surface area (Å²) < 4.78 is 5.31. The molecule has 0 saturated carbocycles. The van der Waals surface area contributed by atoms with Gasteiger partial charge in [0.1, 0.15) is 5.69 Å². The van der Waals surface area contributed by atoms with Gasteiger partial charge in [0.15, 0.2) is 10.8 Å². The third-order valence-corrected chi connectivity index (χ3v) is 5.01. The quantitative estimate of drug-likeness (QED) is 0.782. The number of anilines is 2. The van der Waals surface area contributed by atoms with Crippen LogP contribution in [0.3, 0.4) is 0 Å². The standard InChI is InChI=1S/C18H17N3O2S/c1-21-8-2-4-12-10-13(6-7-15(12)21)19-17(22)14-11-24-18(20-14)16-5-3-9-23-16/h3,5-7,9-11H,2,4,8H2,1H3,(H,19,22). The van der Waals surface area contributed by atoms with E-state index in [0.717, 1.165) is 25.1 Å². The average molecular weight is 339 g/mol. The van der Waals surface area contributed by atoms with Gasteiger partial charge in [0, 0.05) is 30.3 Å². The number of carbonyl (C=O) groups excluding carboxylic acids is 1. The van der Waals surface area contributed by atoms with Crippen molar-refractivity contribution in [3.63, 3.8) is 0 Å². The summed E-state index contributed by atoms with van der Waals surface area (Å²) in [4.78, 5) is 19.0. The van der Waals surface area contributed by atoms with Crippen molar-refractivity contribution in [1.29, 1.82) is 0 Å². The third-order valence-electron chi connectivity index (χ3n) is 4.16. The highest BCUT2D eigenvalue weighted by molar-refractivity contribution is 7.13. The highest BCUT2D eigenvalue weighted by Crippen LogP contribution is 2.29. The maximum Gasteiger partial charge on any atom is 0.275 e. The van der Waals surface area contributed by atoms with Gasteiger partial charge in [0.25, 0.3) is 5.91 Å². The van der Waals surface area contributed by atoms with E-state index in [2.05, 4.69) is 34.4 Å². The number of aryl methyl sites for hydroxylation is 1. The monoisotopic (exact) mass is 339 g/mol. The second kappa shape index (κ2) is 6.13. The van der Waals surface area contributed by atoms with Gasteiger partial charge in [-0.1, -0.05) is 0 Å². The molecule has 1 amide bonds. The van der Waals surface area contributed by atoms with Crippen LogP contribution in [0, 0.1) is 0 Å². The molecule has 0 aliphatic carbocycles. The predicted molar refractivity (Wildman–Crippen MR) is 95.8 cm³/mol. The number of thiazole rings is 1. The van der Waals surface area contributed by atoms with E-state index >= 15 is 0 Å². The summed E-state index contributed by atoms with van der Waals surface area (Å²) in [5, 5.41) is 5.39. The maximum absolute atomic E-state index is 12.4. The summed E-state index contributed by atoms with van der Waals surface area (Å²) in [5.74, 6) is 0.476. The molecule has 1 aliphatic heterocycles.